The van der Waals surface area contributed by atoms with Gasteiger partial charge in [-0.2, -0.15) is 4.91 Å². The van der Waals surface area contributed by atoms with Crippen molar-refractivity contribution in [3.05, 3.63) is 53.5 Å². The van der Waals surface area contributed by atoms with Gasteiger partial charge >= 0.3 is 0 Å². The summed E-state index contributed by atoms with van der Waals surface area (Å²) in [6, 6.07) is 0. The molecule has 0 rings (SSSR count). The second-order valence-electron chi connectivity index (χ2n) is 2.28. The van der Waals surface area contributed by atoms with E-state index in [1.807, 2.05) is 0 Å². The van der Waals surface area contributed by atoms with Crippen LogP contribution in [0.4, 0.5) is 0 Å². The first-order valence-corrected chi connectivity index (χ1v) is 3.89. The predicted octanol–water partition coefficient (Wildman–Crippen LogP) is 1.97. The highest BCUT2D eigenvalue weighted by Gasteiger charge is 1.90. The molecule has 0 atom stereocenters. The van der Waals surface area contributed by atoms with E-state index in [1.54, 1.807) is 36.5 Å². The van der Waals surface area contributed by atoms with Gasteiger partial charge < -0.3 is 5.11 Å². The van der Waals surface area contributed by atoms with Crippen molar-refractivity contribution in [3.8, 4) is 0 Å². The van der Waals surface area contributed by atoms with Gasteiger partial charge in [-0.1, -0.05) is 48.2 Å². The Bertz CT molecular complexity index is 239. The normalized spacial score (nSPS) is 12.5. The Balaban J connectivity index is 4.03. The number of rotatable bonds is 6. The Kier molecular flexibility index (Phi) is 7.63. The minimum Gasteiger partial charge on any atom is -0.392 e. The molecule has 0 saturated carbocycles. The van der Waals surface area contributed by atoms with E-state index >= 15 is 0 Å². The van der Waals surface area contributed by atoms with Gasteiger partial charge in [-0.05, 0) is 5.57 Å². The fourth-order valence-corrected chi connectivity index (χ4v) is 0.637. The van der Waals surface area contributed by atoms with E-state index in [0.717, 1.165) is 0 Å². The lowest BCUT2D eigenvalue weighted by Crippen LogP contribution is -1.92. The van der Waals surface area contributed by atoms with Gasteiger partial charge in [0.2, 0.25) is 0 Å². The van der Waals surface area contributed by atoms with Gasteiger partial charge in [-0.25, -0.2) is 0 Å². The van der Waals surface area contributed by atoms with Gasteiger partial charge in [0, 0.05) is 0 Å². The van der Waals surface area contributed by atoms with E-state index < -0.39 is 0 Å². The van der Waals surface area contributed by atoms with Crippen LogP contribution in [0.15, 0.2) is 53.8 Å². The molecule has 0 spiro atoms. The van der Waals surface area contributed by atoms with Gasteiger partial charge in [-0.3, -0.25) is 0 Å². The van der Waals surface area contributed by atoms with Crippen LogP contribution in [0.5, 0.6) is 0 Å². The van der Waals surface area contributed by atoms with Crippen LogP contribution < -0.4 is 0 Å². The van der Waals surface area contributed by atoms with Crippen molar-refractivity contribution in [2.75, 3.05) is 13.2 Å². The summed E-state index contributed by atoms with van der Waals surface area (Å²) in [7, 11) is 0. The smallest absolute Gasteiger partial charge is 0.105 e. The van der Waals surface area contributed by atoms with Crippen LogP contribution in [0.2, 0.25) is 0 Å². The van der Waals surface area contributed by atoms with Gasteiger partial charge in [0.25, 0.3) is 0 Å². The molecule has 0 aliphatic heterocycles. The lowest BCUT2D eigenvalue weighted by molar-refractivity contribution is 0.329. The van der Waals surface area contributed by atoms with Crippen LogP contribution in [0.25, 0.3) is 0 Å². The molecule has 1 N–H and O–H groups in total. The number of hydrogen-bond acceptors (Lipinski definition) is 3. The quantitative estimate of drug-likeness (QED) is 0.500. The Morgan fingerprint density at radius 1 is 1.31 bits per heavy atom. The first-order valence-electron chi connectivity index (χ1n) is 3.89. The number of nitrogens with zero attached hydrogens (tertiary/aromatic N) is 1. The van der Waals surface area contributed by atoms with E-state index in [2.05, 4.69) is 11.8 Å². The van der Waals surface area contributed by atoms with Crippen LogP contribution in [0.1, 0.15) is 0 Å². The predicted molar refractivity (Wildman–Crippen MR) is 54.3 cm³/mol. The zero-order valence-electron chi connectivity index (χ0n) is 7.39. The largest absolute Gasteiger partial charge is 0.392 e. The third kappa shape index (κ3) is 6.90. The standard InChI is InChI=1S/C10H13NO2/c1-2-3-4-5-6-7-10(9-12)8-11-13/h2-7,12H,1,8-9H2/b4-3-,6-5+,10-7+. The number of nitroso groups, excluding NO2 is 1. The first kappa shape index (κ1) is 11.5. The Morgan fingerprint density at radius 2 is 2.00 bits per heavy atom. The molecule has 0 aliphatic carbocycles. The number of aliphatic hydroxyl groups excluding tert-OH is 1. The van der Waals surface area contributed by atoms with Gasteiger partial charge in [0.15, 0.2) is 0 Å². The summed E-state index contributed by atoms with van der Waals surface area (Å²) in [5.74, 6) is 0. The van der Waals surface area contributed by atoms with Crippen molar-refractivity contribution in [3.63, 3.8) is 0 Å². The van der Waals surface area contributed by atoms with Crippen LogP contribution in [0.3, 0.4) is 0 Å². The molecule has 0 bridgehead atoms. The van der Waals surface area contributed by atoms with E-state index in [-0.39, 0.29) is 13.2 Å². The van der Waals surface area contributed by atoms with E-state index in [4.69, 9.17) is 5.11 Å². The summed E-state index contributed by atoms with van der Waals surface area (Å²) >= 11 is 0. The summed E-state index contributed by atoms with van der Waals surface area (Å²) < 4.78 is 0. The molecule has 0 aromatic heterocycles. The fourth-order valence-electron chi connectivity index (χ4n) is 0.637. The van der Waals surface area contributed by atoms with Gasteiger partial charge in [-0.15, -0.1) is 0 Å². The molecule has 0 aliphatic rings. The maximum absolute atomic E-state index is 9.86. The highest BCUT2D eigenvalue weighted by atomic mass is 16.3. The lowest BCUT2D eigenvalue weighted by atomic mass is 10.2. The van der Waals surface area contributed by atoms with Crippen molar-refractivity contribution in [2.24, 2.45) is 5.18 Å². The molecular formula is C10H13NO2. The zero-order chi connectivity index (χ0) is 9.94. The molecule has 0 aromatic carbocycles. The Hall–Kier alpha value is -1.48. The molecule has 70 valence electrons. The van der Waals surface area contributed by atoms with Crippen molar-refractivity contribution >= 4 is 0 Å². The van der Waals surface area contributed by atoms with Gasteiger partial charge in [0.1, 0.15) is 6.54 Å². The second kappa shape index (κ2) is 8.62. The van der Waals surface area contributed by atoms with Crippen molar-refractivity contribution in [2.45, 2.75) is 0 Å². The molecule has 0 radical (unpaired) electrons. The van der Waals surface area contributed by atoms with E-state index in [0.29, 0.717) is 5.57 Å². The third-order valence-corrected chi connectivity index (χ3v) is 1.27. The molecule has 0 unspecified atom stereocenters. The number of aliphatic hydroxyl groups is 1. The zero-order valence-corrected chi connectivity index (χ0v) is 7.39. The molecule has 0 aromatic rings. The molecule has 13 heavy (non-hydrogen) atoms. The fraction of sp³-hybridized carbons (Fsp3) is 0.200. The number of hydrogen-bond donors (Lipinski definition) is 1. The average molecular weight is 179 g/mol. The van der Waals surface area contributed by atoms with Crippen molar-refractivity contribution < 1.29 is 5.11 Å². The second-order valence-corrected chi connectivity index (χ2v) is 2.28. The lowest BCUT2D eigenvalue weighted by Gasteiger charge is -1.92. The summed E-state index contributed by atoms with van der Waals surface area (Å²) in [6.07, 6.45) is 10.4. The highest BCUT2D eigenvalue weighted by Crippen LogP contribution is 1.94. The summed E-state index contributed by atoms with van der Waals surface area (Å²) in [5, 5.41) is 11.4. The molecular weight excluding hydrogens is 166 g/mol. The van der Waals surface area contributed by atoms with Crippen molar-refractivity contribution in [1.29, 1.82) is 0 Å². The topological polar surface area (TPSA) is 49.7 Å². The van der Waals surface area contributed by atoms with Crippen LogP contribution >= 0.6 is 0 Å². The molecule has 3 heteroatoms. The third-order valence-electron chi connectivity index (χ3n) is 1.27. The molecule has 0 amide bonds. The molecule has 0 heterocycles. The SMILES string of the molecule is C=C\C=C/C=C/C=C(/CO)CN=O. The van der Waals surface area contributed by atoms with Crippen LogP contribution in [-0.4, -0.2) is 18.3 Å². The maximum Gasteiger partial charge on any atom is 0.105 e. The first-order chi connectivity index (χ1) is 6.35. The Morgan fingerprint density at radius 3 is 2.54 bits per heavy atom. The number of allylic oxidation sites excluding steroid dienone is 6. The highest BCUT2D eigenvalue weighted by molar-refractivity contribution is 5.19. The Labute approximate surface area is 77.8 Å². The summed E-state index contributed by atoms with van der Waals surface area (Å²) in [4.78, 5) is 9.86. The monoisotopic (exact) mass is 179 g/mol. The molecule has 3 nitrogen and oxygen atoms in total. The van der Waals surface area contributed by atoms with Gasteiger partial charge in [0.05, 0.1) is 6.61 Å². The molecule has 0 fully saturated rings. The minimum atomic E-state index is -0.138. The van der Waals surface area contributed by atoms with Crippen molar-refractivity contribution in [1.82, 2.24) is 0 Å². The summed E-state index contributed by atoms with van der Waals surface area (Å²) in [5.41, 5.74) is 0.596. The average Bonchev–Trinajstić information content (AvgIpc) is 2.16. The van der Waals surface area contributed by atoms with Crippen LogP contribution in [0, 0.1) is 4.91 Å². The van der Waals surface area contributed by atoms with E-state index in [9.17, 15) is 4.91 Å². The van der Waals surface area contributed by atoms with E-state index in [1.165, 1.54) is 0 Å². The maximum atomic E-state index is 9.86. The summed E-state index contributed by atoms with van der Waals surface area (Å²) in [6.45, 7) is 3.40. The minimum absolute atomic E-state index is 0.0337. The molecule has 0 saturated heterocycles. The van der Waals surface area contributed by atoms with Crippen LogP contribution in [-0.2, 0) is 0 Å².